The number of piperidine rings is 1. The van der Waals surface area contributed by atoms with Crippen molar-refractivity contribution in [3.05, 3.63) is 65.8 Å². The van der Waals surface area contributed by atoms with E-state index >= 15 is 0 Å². The van der Waals surface area contributed by atoms with Gasteiger partial charge in [0.25, 0.3) is 0 Å². The van der Waals surface area contributed by atoms with Gasteiger partial charge in [-0.3, -0.25) is 10.1 Å². The van der Waals surface area contributed by atoms with E-state index in [2.05, 4.69) is 49.0 Å². The van der Waals surface area contributed by atoms with Gasteiger partial charge >= 0.3 is 0 Å². The highest BCUT2D eigenvalue weighted by Crippen LogP contribution is 2.34. The SMILES string of the molecule is CN(C)c1cncc(-c2ccc3[nH]nc(-c4cc5c([nH]4)C=C=CC=C5N4CCCCC4)c3n2)c1. The summed E-state index contributed by atoms with van der Waals surface area (Å²) in [6.07, 6.45) is 13.7. The molecule has 0 amide bonds. The molecule has 1 saturated heterocycles. The number of hydrogen-bond acceptors (Lipinski definition) is 5. The molecule has 1 aliphatic heterocycles. The standard InChI is InChI=1S/C27H27N7/c1-33(2)19-14-18(16-28-17-19)21-10-11-23-26(30-21)27(32-31-23)24-15-20-22(29-24)8-4-5-9-25(20)34-12-6-3-7-13-34/h5,8-11,14-17,29H,3,6-7,12-13H2,1-2H3,(H,31,32). The van der Waals surface area contributed by atoms with Crippen LogP contribution in [0.3, 0.4) is 0 Å². The van der Waals surface area contributed by atoms with Crippen molar-refractivity contribution >= 4 is 28.5 Å². The average molecular weight is 450 g/mol. The van der Waals surface area contributed by atoms with Gasteiger partial charge in [-0.1, -0.05) is 0 Å². The predicted octanol–water partition coefficient (Wildman–Crippen LogP) is 5.09. The molecule has 170 valence electrons. The topological polar surface area (TPSA) is 76.7 Å². The third-order valence-corrected chi connectivity index (χ3v) is 6.58. The Balaban J connectivity index is 1.42. The van der Waals surface area contributed by atoms with E-state index < -0.39 is 0 Å². The van der Waals surface area contributed by atoms with Gasteiger partial charge in [-0.25, -0.2) is 4.98 Å². The Hall–Kier alpha value is -4.09. The summed E-state index contributed by atoms with van der Waals surface area (Å²) in [6, 6.07) is 8.34. The van der Waals surface area contributed by atoms with Crippen LogP contribution in [0.25, 0.3) is 45.5 Å². The molecule has 7 heteroatoms. The Labute approximate surface area is 198 Å². The molecular formula is C27H27N7. The maximum absolute atomic E-state index is 4.99. The second-order valence-corrected chi connectivity index (χ2v) is 9.08. The number of rotatable bonds is 4. The fourth-order valence-corrected chi connectivity index (χ4v) is 4.74. The Morgan fingerprint density at radius 1 is 1.06 bits per heavy atom. The molecule has 34 heavy (non-hydrogen) atoms. The van der Waals surface area contributed by atoms with E-state index in [0.717, 1.165) is 58.1 Å². The van der Waals surface area contributed by atoms with Crippen LogP contribution < -0.4 is 4.90 Å². The van der Waals surface area contributed by atoms with Gasteiger partial charge in [0.2, 0.25) is 0 Å². The molecule has 1 aliphatic carbocycles. The number of aromatic amines is 2. The lowest BCUT2D eigenvalue weighted by Crippen LogP contribution is -2.28. The van der Waals surface area contributed by atoms with Gasteiger partial charge in [0.15, 0.2) is 0 Å². The second-order valence-electron chi connectivity index (χ2n) is 9.08. The first kappa shape index (κ1) is 20.5. The molecule has 0 radical (unpaired) electrons. The van der Waals surface area contributed by atoms with Crippen LogP contribution >= 0.6 is 0 Å². The van der Waals surface area contributed by atoms with Crippen molar-refractivity contribution in [2.75, 3.05) is 32.1 Å². The van der Waals surface area contributed by atoms with Gasteiger partial charge in [-0.15, -0.1) is 5.73 Å². The van der Waals surface area contributed by atoms with Crippen LogP contribution in [0.15, 0.2) is 54.5 Å². The fourth-order valence-electron chi connectivity index (χ4n) is 4.74. The van der Waals surface area contributed by atoms with Crippen molar-refractivity contribution in [1.29, 1.82) is 0 Å². The molecule has 2 N–H and O–H groups in total. The number of nitrogens with one attached hydrogen (secondary N) is 2. The molecule has 0 saturated carbocycles. The van der Waals surface area contributed by atoms with Gasteiger partial charge < -0.3 is 14.8 Å². The van der Waals surface area contributed by atoms with Crippen molar-refractivity contribution < 1.29 is 0 Å². The molecule has 4 aromatic rings. The highest BCUT2D eigenvalue weighted by atomic mass is 15.2. The van der Waals surface area contributed by atoms with E-state index in [1.54, 1.807) is 0 Å². The van der Waals surface area contributed by atoms with E-state index in [0.29, 0.717) is 0 Å². The van der Waals surface area contributed by atoms with Crippen molar-refractivity contribution in [3.63, 3.8) is 0 Å². The number of nitrogens with zero attached hydrogens (tertiary/aromatic N) is 5. The van der Waals surface area contributed by atoms with Crippen molar-refractivity contribution in [1.82, 2.24) is 30.0 Å². The average Bonchev–Trinajstić information content (AvgIpc) is 3.43. The summed E-state index contributed by atoms with van der Waals surface area (Å²) in [4.78, 5) is 17.5. The molecule has 2 aliphatic rings. The minimum absolute atomic E-state index is 0.817. The number of hydrogen-bond donors (Lipinski definition) is 2. The van der Waals surface area contributed by atoms with Crippen molar-refractivity contribution in [3.8, 4) is 22.6 Å². The number of fused-ring (bicyclic) bond motifs is 2. The molecule has 4 aromatic heterocycles. The Morgan fingerprint density at radius 2 is 1.94 bits per heavy atom. The van der Waals surface area contributed by atoms with Crippen molar-refractivity contribution in [2.24, 2.45) is 0 Å². The van der Waals surface area contributed by atoms with Crippen molar-refractivity contribution in [2.45, 2.75) is 19.3 Å². The number of pyridine rings is 2. The summed E-state index contributed by atoms with van der Waals surface area (Å²) in [5, 5.41) is 7.78. The molecule has 0 aromatic carbocycles. The Kier molecular flexibility index (Phi) is 5.04. The molecule has 0 unspecified atom stereocenters. The van der Waals surface area contributed by atoms with Crippen LogP contribution in [0.5, 0.6) is 0 Å². The number of likely N-dealkylation sites (tertiary alicyclic amines) is 1. The van der Waals surface area contributed by atoms with Crippen LogP contribution in [-0.2, 0) is 0 Å². The van der Waals surface area contributed by atoms with E-state index in [1.165, 1.54) is 30.5 Å². The summed E-state index contributed by atoms with van der Waals surface area (Å²) in [6.45, 7) is 2.19. The zero-order chi connectivity index (χ0) is 23.1. The molecule has 0 spiro atoms. The van der Waals surface area contributed by atoms with E-state index in [9.17, 15) is 0 Å². The molecule has 0 atom stereocenters. The predicted molar refractivity (Wildman–Crippen MR) is 137 cm³/mol. The number of H-pyrrole nitrogens is 2. The van der Waals surface area contributed by atoms with E-state index in [1.807, 2.05) is 55.7 Å². The number of allylic oxidation sites excluding steroid dienone is 2. The number of anilines is 1. The third kappa shape index (κ3) is 3.60. The molecule has 0 bridgehead atoms. The molecule has 7 nitrogen and oxygen atoms in total. The molecule has 6 rings (SSSR count). The summed E-state index contributed by atoms with van der Waals surface area (Å²) in [5.41, 5.74) is 13.2. The smallest absolute Gasteiger partial charge is 0.135 e. The largest absolute Gasteiger partial charge is 0.376 e. The maximum Gasteiger partial charge on any atom is 0.135 e. The van der Waals surface area contributed by atoms with Gasteiger partial charge in [-0.05, 0) is 55.7 Å². The third-order valence-electron chi connectivity index (χ3n) is 6.58. The van der Waals surface area contributed by atoms with E-state index in [-0.39, 0.29) is 0 Å². The fraction of sp³-hybridized carbons (Fsp3) is 0.259. The monoisotopic (exact) mass is 449 g/mol. The van der Waals surface area contributed by atoms with Crippen LogP contribution in [0, 0.1) is 0 Å². The second kappa shape index (κ2) is 8.36. The molecule has 5 heterocycles. The lowest BCUT2D eigenvalue weighted by atomic mass is 10.1. The van der Waals surface area contributed by atoms with Crippen LogP contribution in [0.1, 0.15) is 30.5 Å². The van der Waals surface area contributed by atoms with Gasteiger partial charge in [0, 0.05) is 56.3 Å². The lowest BCUT2D eigenvalue weighted by molar-refractivity contribution is 0.326. The van der Waals surface area contributed by atoms with Gasteiger partial charge in [0.1, 0.15) is 11.2 Å². The summed E-state index contributed by atoms with van der Waals surface area (Å²) < 4.78 is 0. The van der Waals surface area contributed by atoms with Crippen LogP contribution in [0.2, 0.25) is 0 Å². The first-order valence-electron chi connectivity index (χ1n) is 11.8. The Bertz CT molecular complexity index is 1460. The maximum atomic E-state index is 4.99. The minimum Gasteiger partial charge on any atom is -0.376 e. The highest BCUT2D eigenvalue weighted by molar-refractivity contribution is 5.92. The van der Waals surface area contributed by atoms with E-state index in [4.69, 9.17) is 4.98 Å². The van der Waals surface area contributed by atoms with Crippen LogP contribution in [-0.4, -0.2) is 57.2 Å². The zero-order valence-electron chi connectivity index (χ0n) is 19.5. The molecular weight excluding hydrogens is 422 g/mol. The highest BCUT2D eigenvalue weighted by Gasteiger charge is 2.22. The number of aromatic nitrogens is 5. The summed E-state index contributed by atoms with van der Waals surface area (Å²) in [5.74, 6) is 0. The molecule has 1 fully saturated rings. The zero-order valence-corrected chi connectivity index (χ0v) is 19.5. The van der Waals surface area contributed by atoms with Gasteiger partial charge in [0.05, 0.1) is 34.5 Å². The van der Waals surface area contributed by atoms with Crippen LogP contribution in [0.4, 0.5) is 5.69 Å². The summed E-state index contributed by atoms with van der Waals surface area (Å²) >= 11 is 0. The Morgan fingerprint density at radius 3 is 2.79 bits per heavy atom. The minimum atomic E-state index is 0.817. The quantitative estimate of drug-likeness (QED) is 0.425. The summed E-state index contributed by atoms with van der Waals surface area (Å²) in [7, 11) is 4.02. The first-order chi connectivity index (χ1) is 16.7. The normalized spacial score (nSPS) is 15.4. The van der Waals surface area contributed by atoms with Gasteiger partial charge in [-0.2, -0.15) is 5.10 Å². The lowest BCUT2D eigenvalue weighted by Gasteiger charge is -2.30. The first-order valence-corrected chi connectivity index (χ1v) is 11.8.